The maximum Gasteiger partial charge on any atom is 0.223 e. The molecule has 0 radical (unpaired) electrons. The summed E-state index contributed by atoms with van der Waals surface area (Å²) in [5.41, 5.74) is 4.23. The summed E-state index contributed by atoms with van der Waals surface area (Å²) in [5, 5.41) is 7.03. The number of carbonyl (C=O) groups excluding carboxylic acids is 1. The fourth-order valence-electron chi connectivity index (χ4n) is 5.78. The van der Waals surface area contributed by atoms with Crippen LogP contribution in [-0.4, -0.2) is 18.5 Å². The van der Waals surface area contributed by atoms with Gasteiger partial charge in [0.25, 0.3) is 0 Å². The smallest absolute Gasteiger partial charge is 0.223 e. The van der Waals surface area contributed by atoms with Gasteiger partial charge in [-0.3, -0.25) is 4.79 Å². The maximum absolute atomic E-state index is 13.0. The van der Waals surface area contributed by atoms with E-state index >= 15 is 0 Å². The minimum absolute atomic E-state index is 0.234. The summed E-state index contributed by atoms with van der Waals surface area (Å²) < 4.78 is 0. The lowest BCUT2D eigenvalue weighted by Crippen LogP contribution is -2.38. The molecule has 3 nitrogen and oxygen atoms in total. The number of benzene rings is 1. The van der Waals surface area contributed by atoms with Crippen LogP contribution in [0.3, 0.4) is 0 Å². The van der Waals surface area contributed by atoms with Crippen LogP contribution in [0.1, 0.15) is 95.5 Å². The molecule has 0 saturated heterocycles. The average Bonchev–Trinajstić information content (AvgIpc) is 3.08. The molecule has 164 valence electrons. The number of amides is 1. The third kappa shape index (κ3) is 5.89. The molecular weight excluding hydrogens is 368 g/mol. The minimum Gasteiger partial charge on any atom is -0.384 e. The quantitative estimate of drug-likeness (QED) is 0.546. The monoisotopic (exact) mass is 408 g/mol. The van der Waals surface area contributed by atoms with Crippen LogP contribution in [0.25, 0.3) is 6.08 Å². The van der Waals surface area contributed by atoms with Gasteiger partial charge in [0.2, 0.25) is 5.91 Å². The Kier molecular flexibility index (Phi) is 7.88. The Balaban J connectivity index is 1.34. The number of hydrogen-bond acceptors (Lipinski definition) is 2. The van der Waals surface area contributed by atoms with Crippen molar-refractivity contribution in [2.24, 2.45) is 11.8 Å². The lowest BCUT2D eigenvalue weighted by Gasteiger charge is -2.22. The Hall–Kier alpha value is -1.77. The average molecular weight is 409 g/mol. The van der Waals surface area contributed by atoms with Crippen molar-refractivity contribution in [2.45, 2.75) is 95.9 Å². The van der Waals surface area contributed by atoms with E-state index in [2.05, 4.69) is 41.0 Å². The Bertz CT molecular complexity index is 717. The normalized spacial score (nSPS) is 26.5. The van der Waals surface area contributed by atoms with Crippen molar-refractivity contribution in [1.82, 2.24) is 5.32 Å². The molecule has 2 unspecified atom stereocenters. The number of rotatable bonds is 3. The summed E-state index contributed by atoms with van der Waals surface area (Å²) in [6.07, 6.45) is 19.5. The zero-order chi connectivity index (χ0) is 20.6. The fraction of sp³-hybridized carbons (Fsp3) is 0.667. The standard InChI is InChI=1S/C27H40N2O/c30-27(29-25-15-3-1-2-4-16-25)22-11-6-5-10-21(13-9-14-22)23-18-19-28-26-17-8-7-12-24(26)20-23/h7-8,12,17,20-22,25,28H,1-6,9-11,13-16,18-19H2,(H,29,30). The SMILES string of the molecule is O=C(NC1CCCCCC1)C1CCCCC(C2=Cc3ccccc3NCC2)CCC1. The van der Waals surface area contributed by atoms with E-state index in [0.29, 0.717) is 17.9 Å². The van der Waals surface area contributed by atoms with Gasteiger partial charge in [0.15, 0.2) is 0 Å². The van der Waals surface area contributed by atoms with E-state index in [-0.39, 0.29) is 5.92 Å². The number of anilines is 1. The second-order valence-corrected chi connectivity index (χ2v) is 9.79. The lowest BCUT2D eigenvalue weighted by molar-refractivity contribution is -0.126. The number of hydrogen-bond donors (Lipinski definition) is 2. The van der Waals surface area contributed by atoms with Crippen LogP contribution in [0.4, 0.5) is 5.69 Å². The first-order chi connectivity index (χ1) is 14.8. The molecule has 2 aliphatic carbocycles. The van der Waals surface area contributed by atoms with Gasteiger partial charge in [-0.1, -0.05) is 74.8 Å². The van der Waals surface area contributed by atoms with Gasteiger partial charge >= 0.3 is 0 Å². The molecule has 1 aromatic rings. The van der Waals surface area contributed by atoms with Crippen LogP contribution in [0.2, 0.25) is 0 Å². The number of para-hydroxylation sites is 1. The third-order valence-corrected chi connectivity index (χ3v) is 7.59. The molecule has 3 aliphatic rings. The molecule has 3 heteroatoms. The van der Waals surface area contributed by atoms with E-state index in [0.717, 1.165) is 25.8 Å². The van der Waals surface area contributed by atoms with E-state index in [1.54, 1.807) is 5.57 Å². The van der Waals surface area contributed by atoms with Gasteiger partial charge in [0, 0.05) is 24.2 Å². The first-order valence-corrected chi connectivity index (χ1v) is 12.6. The maximum atomic E-state index is 13.0. The molecule has 1 amide bonds. The van der Waals surface area contributed by atoms with Crippen molar-refractivity contribution in [3.63, 3.8) is 0 Å². The molecule has 4 rings (SSSR count). The second kappa shape index (κ2) is 11.0. The van der Waals surface area contributed by atoms with Crippen LogP contribution >= 0.6 is 0 Å². The van der Waals surface area contributed by atoms with Gasteiger partial charge in [-0.2, -0.15) is 0 Å². The summed E-state index contributed by atoms with van der Waals surface area (Å²) in [5.74, 6) is 1.27. The van der Waals surface area contributed by atoms with Crippen LogP contribution in [0.5, 0.6) is 0 Å². The molecule has 0 aromatic heterocycles. The molecule has 2 fully saturated rings. The Morgan fingerprint density at radius 1 is 0.833 bits per heavy atom. The third-order valence-electron chi connectivity index (χ3n) is 7.59. The lowest BCUT2D eigenvalue weighted by atomic mass is 9.86. The highest BCUT2D eigenvalue weighted by atomic mass is 16.1. The predicted molar refractivity (Wildman–Crippen MR) is 126 cm³/mol. The van der Waals surface area contributed by atoms with E-state index in [9.17, 15) is 4.79 Å². The molecule has 1 heterocycles. The van der Waals surface area contributed by atoms with Crippen LogP contribution in [-0.2, 0) is 4.79 Å². The molecule has 2 saturated carbocycles. The highest BCUT2D eigenvalue weighted by Gasteiger charge is 2.25. The van der Waals surface area contributed by atoms with Crippen molar-refractivity contribution in [1.29, 1.82) is 0 Å². The zero-order valence-electron chi connectivity index (χ0n) is 18.6. The van der Waals surface area contributed by atoms with Crippen LogP contribution in [0.15, 0.2) is 29.8 Å². The molecule has 2 atom stereocenters. The second-order valence-electron chi connectivity index (χ2n) is 9.79. The Morgan fingerprint density at radius 3 is 2.40 bits per heavy atom. The number of fused-ring (bicyclic) bond motifs is 1. The molecule has 1 aromatic carbocycles. The Labute approximate surface area is 183 Å². The van der Waals surface area contributed by atoms with E-state index in [1.807, 2.05) is 0 Å². The van der Waals surface area contributed by atoms with Gasteiger partial charge in [-0.25, -0.2) is 0 Å². The summed E-state index contributed by atoms with van der Waals surface area (Å²) in [7, 11) is 0. The highest BCUT2D eigenvalue weighted by molar-refractivity contribution is 5.79. The van der Waals surface area contributed by atoms with Crippen molar-refractivity contribution >= 4 is 17.7 Å². The van der Waals surface area contributed by atoms with E-state index < -0.39 is 0 Å². The van der Waals surface area contributed by atoms with E-state index in [1.165, 1.54) is 81.9 Å². The topological polar surface area (TPSA) is 41.1 Å². The molecule has 2 N–H and O–H groups in total. The predicted octanol–water partition coefficient (Wildman–Crippen LogP) is 6.70. The summed E-state index contributed by atoms with van der Waals surface area (Å²) in [4.78, 5) is 13.0. The number of nitrogens with one attached hydrogen (secondary N) is 2. The van der Waals surface area contributed by atoms with Crippen molar-refractivity contribution < 1.29 is 4.79 Å². The molecule has 1 aliphatic heterocycles. The van der Waals surface area contributed by atoms with Gasteiger partial charge in [-0.05, 0) is 62.5 Å². The summed E-state index contributed by atoms with van der Waals surface area (Å²) in [6.45, 7) is 1.03. The molecule has 0 spiro atoms. The summed E-state index contributed by atoms with van der Waals surface area (Å²) >= 11 is 0. The van der Waals surface area contributed by atoms with E-state index in [4.69, 9.17) is 0 Å². The van der Waals surface area contributed by atoms with Gasteiger partial charge < -0.3 is 10.6 Å². The molecular formula is C27H40N2O. The van der Waals surface area contributed by atoms with Crippen molar-refractivity contribution in [3.05, 3.63) is 35.4 Å². The zero-order valence-corrected chi connectivity index (χ0v) is 18.6. The largest absolute Gasteiger partial charge is 0.384 e. The van der Waals surface area contributed by atoms with Crippen LogP contribution < -0.4 is 10.6 Å². The summed E-state index contributed by atoms with van der Waals surface area (Å²) in [6, 6.07) is 9.11. The molecule has 0 bridgehead atoms. The van der Waals surface area contributed by atoms with Gasteiger partial charge in [0.1, 0.15) is 0 Å². The number of carbonyl (C=O) groups is 1. The highest BCUT2D eigenvalue weighted by Crippen LogP contribution is 2.34. The fourth-order valence-corrected chi connectivity index (χ4v) is 5.78. The first-order valence-electron chi connectivity index (χ1n) is 12.6. The van der Waals surface area contributed by atoms with Gasteiger partial charge in [0.05, 0.1) is 0 Å². The van der Waals surface area contributed by atoms with Crippen LogP contribution in [0, 0.1) is 11.8 Å². The minimum atomic E-state index is 0.234. The Morgan fingerprint density at radius 2 is 1.53 bits per heavy atom. The van der Waals surface area contributed by atoms with Crippen molar-refractivity contribution in [3.8, 4) is 0 Å². The molecule has 30 heavy (non-hydrogen) atoms. The van der Waals surface area contributed by atoms with Gasteiger partial charge in [-0.15, -0.1) is 0 Å². The first kappa shape index (κ1) is 21.5. The van der Waals surface area contributed by atoms with Crippen molar-refractivity contribution in [2.75, 3.05) is 11.9 Å².